The molecule has 27 heavy (non-hydrogen) atoms. The minimum Gasteiger partial charge on any atom is -0.491 e. The van der Waals surface area contributed by atoms with Gasteiger partial charge >= 0.3 is 0 Å². The van der Waals surface area contributed by atoms with Crippen LogP contribution < -0.4 is 14.5 Å². The third-order valence-corrected chi connectivity index (χ3v) is 5.85. The summed E-state index contributed by atoms with van der Waals surface area (Å²) in [6, 6.07) is 11.8. The summed E-state index contributed by atoms with van der Waals surface area (Å²) >= 11 is 12.3. The number of benzene rings is 2. The van der Waals surface area contributed by atoms with Crippen molar-refractivity contribution in [2.24, 2.45) is 0 Å². The van der Waals surface area contributed by atoms with Crippen LogP contribution in [0.4, 0.5) is 5.69 Å². The van der Waals surface area contributed by atoms with E-state index in [1.165, 1.54) is 10.6 Å². The average molecular weight is 410 g/mol. The Bertz CT molecular complexity index is 754. The summed E-state index contributed by atoms with van der Waals surface area (Å²) in [7, 11) is 0. The topological polar surface area (TPSA) is 37.1 Å². The molecule has 1 saturated heterocycles. The highest BCUT2D eigenvalue weighted by molar-refractivity contribution is 6.32. The van der Waals surface area contributed by atoms with E-state index >= 15 is 0 Å². The summed E-state index contributed by atoms with van der Waals surface area (Å²) in [5.41, 5.74) is 3.15. The maximum Gasteiger partial charge on any atom is 0.137 e. The van der Waals surface area contributed by atoms with Crippen LogP contribution in [-0.4, -0.2) is 50.5 Å². The number of ether oxygens (including phenoxy) is 1. The van der Waals surface area contributed by atoms with Gasteiger partial charge in [-0.3, -0.25) is 0 Å². The van der Waals surface area contributed by atoms with Gasteiger partial charge < -0.3 is 19.6 Å². The predicted molar refractivity (Wildman–Crippen MR) is 112 cm³/mol. The summed E-state index contributed by atoms with van der Waals surface area (Å²) in [6.07, 6.45) is -0.492. The van der Waals surface area contributed by atoms with Crippen LogP contribution in [-0.2, 0) is 0 Å². The lowest BCUT2D eigenvalue weighted by Gasteiger charge is -2.34. The number of aliphatic hydroxyl groups excluding tert-OH is 1. The molecular weight excluding hydrogens is 383 g/mol. The maximum absolute atomic E-state index is 10.4. The van der Waals surface area contributed by atoms with Gasteiger partial charge in [0.05, 0.1) is 26.2 Å². The number of hydrogen-bond donors (Lipinski definition) is 2. The van der Waals surface area contributed by atoms with Crippen molar-refractivity contribution in [1.82, 2.24) is 0 Å². The van der Waals surface area contributed by atoms with Gasteiger partial charge in [0, 0.05) is 15.7 Å². The third kappa shape index (κ3) is 5.52. The van der Waals surface area contributed by atoms with Crippen LogP contribution in [0.25, 0.3) is 0 Å². The fourth-order valence-electron chi connectivity index (χ4n) is 3.53. The first-order valence-electron chi connectivity index (χ1n) is 9.34. The van der Waals surface area contributed by atoms with Crippen LogP contribution in [0.2, 0.25) is 10.0 Å². The standard InChI is InChI=1S/C21H26Cl2N2O2/c1-15-10-20(11-16(2)21(15)23)27-14-19(26)13-24-6-8-25(9-7-24)18-5-3-4-17(22)12-18/h3-5,10-12,19,26H,6-9,13-14H2,1-2H3/p+1/t19-/m1/s1. The van der Waals surface area contributed by atoms with Gasteiger partial charge in [-0.1, -0.05) is 29.3 Å². The number of nitrogens with zero attached hydrogens (tertiary/aromatic N) is 1. The Morgan fingerprint density at radius 1 is 1.11 bits per heavy atom. The molecule has 0 radical (unpaired) electrons. The fraction of sp³-hybridized carbons (Fsp3) is 0.429. The molecule has 0 spiro atoms. The molecule has 146 valence electrons. The van der Waals surface area contributed by atoms with Gasteiger partial charge in [0.1, 0.15) is 25.0 Å². The van der Waals surface area contributed by atoms with E-state index < -0.39 is 6.10 Å². The Labute approximate surface area is 171 Å². The second-order valence-electron chi connectivity index (χ2n) is 7.26. The van der Waals surface area contributed by atoms with E-state index in [9.17, 15) is 5.11 Å². The Hall–Kier alpha value is -1.46. The molecule has 0 amide bonds. The first-order valence-corrected chi connectivity index (χ1v) is 10.1. The highest BCUT2D eigenvalue weighted by Gasteiger charge is 2.23. The molecule has 4 nitrogen and oxygen atoms in total. The molecule has 1 fully saturated rings. The van der Waals surface area contributed by atoms with Crippen molar-refractivity contribution >= 4 is 28.9 Å². The van der Waals surface area contributed by atoms with E-state index in [1.807, 2.05) is 44.2 Å². The molecule has 0 aliphatic carbocycles. The fourth-order valence-corrected chi connectivity index (χ4v) is 3.83. The smallest absolute Gasteiger partial charge is 0.137 e. The molecule has 6 heteroatoms. The number of aryl methyl sites for hydroxylation is 2. The van der Waals surface area contributed by atoms with Crippen LogP contribution in [0, 0.1) is 13.8 Å². The molecule has 1 aliphatic rings. The quantitative estimate of drug-likeness (QED) is 0.769. The molecule has 1 aliphatic heterocycles. The number of quaternary nitrogens is 1. The number of piperazine rings is 1. The summed E-state index contributed by atoms with van der Waals surface area (Å²) in [6.45, 7) is 8.80. The largest absolute Gasteiger partial charge is 0.491 e. The maximum atomic E-state index is 10.4. The van der Waals surface area contributed by atoms with Crippen molar-refractivity contribution in [3.63, 3.8) is 0 Å². The molecule has 0 aromatic heterocycles. The zero-order valence-electron chi connectivity index (χ0n) is 15.8. The number of aliphatic hydroxyl groups is 1. The lowest BCUT2D eigenvalue weighted by atomic mass is 10.1. The highest BCUT2D eigenvalue weighted by Crippen LogP contribution is 2.25. The van der Waals surface area contributed by atoms with Gasteiger partial charge in [0.25, 0.3) is 0 Å². The van der Waals surface area contributed by atoms with E-state index in [1.54, 1.807) is 0 Å². The SMILES string of the molecule is Cc1cc(OC[C@H](O)C[NH+]2CCN(c3cccc(Cl)c3)CC2)cc(C)c1Cl. The zero-order chi connectivity index (χ0) is 19.4. The molecule has 0 saturated carbocycles. The molecular formula is C21H27Cl2N2O2+. The van der Waals surface area contributed by atoms with Crippen molar-refractivity contribution in [2.45, 2.75) is 20.0 Å². The Balaban J connectivity index is 1.45. The van der Waals surface area contributed by atoms with Crippen LogP contribution in [0.15, 0.2) is 36.4 Å². The summed E-state index contributed by atoms with van der Waals surface area (Å²) < 4.78 is 5.78. The summed E-state index contributed by atoms with van der Waals surface area (Å²) in [5, 5.41) is 11.9. The minimum absolute atomic E-state index is 0.294. The molecule has 0 bridgehead atoms. The second kappa shape index (κ2) is 9.16. The first-order chi connectivity index (χ1) is 12.9. The normalized spacial score (nSPS) is 16.4. The zero-order valence-corrected chi connectivity index (χ0v) is 17.4. The van der Waals surface area contributed by atoms with Gasteiger partial charge in [0.15, 0.2) is 0 Å². The van der Waals surface area contributed by atoms with Crippen LogP contribution in [0.1, 0.15) is 11.1 Å². The van der Waals surface area contributed by atoms with E-state index in [0.29, 0.717) is 13.2 Å². The first kappa shape index (κ1) is 20.3. The summed E-state index contributed by atoms with van der Waals surface area (Å²) in [5.74, 6) is 0.759. The van der Waals surface area contributed by atoms with Gasteiger partial charge in [-0.2, -0.15) is 0 Å². The van der Waals surface area contributed by atoms with Crippen molar-refractivity contribution in [3.8, 4) is 5.75 Å². The van der Waals surface area contributed by atoms with Crippen LogP contribution in [0.3, 0.4) is 0 Å². The van der Waals surface area contributed by atoms with Crippen LogP contribution >= 0.6 is 23.2 Å². The van der Waals surface area contributed by atoms with Gasteiger partial charge in [-0.25, -0.2) is 0 Å². The molecule has 2 N–H and O–H groups in total. The van der Waals surface area contributed by atoms with Gasteiger partial charge in [0.2, 0.25) is 0 Å². The second-order valence-corrected chi connectivity index (χ2v) is 8.07. The monoisotopic (exact) mass is 409 g/mol. The van der Waals surface area contributed by atoms with Crippen molar-refractivity contribution < 1.29 is 14.7 Å². The van der Waals surface area contributed by atoms with E-state index in [0.717, 1.165) is 53.1 Å². The Morgan fingerprint density at radius 3 is 2.41 bits per heavy atom. The molecule has 2 aromatic rings. The van der Waals surface area contributed by atoms with Crippen molar-refractivity contribution in [1.29, 1.82) is 0 Å². The molecule has 3 rings (SSSR count). The molecule has 1 heterocycles. The number of hydrogen-bond acceptors (Lipinski definition) is 3. The third-order valence-electron chi connectivity index (χ3n) is 5.02. The Morgan fingerprint density at radius 2 is 1.78 bits per heavy atom. The number of halogens is 2. The minimum atomic E-state index is -0.492. The van der Waals surface area contributed by atoms with Crippen LogP contribution in [0.5, 0.6) is 5.75 Å². The highest BCUT2D eigenvalue weighted by atomic mass is 35.5. The number of rotatable bonds is 6. The molecule has 0 unspecified atom stereocenters. The molecule has 1 atom stereocenters. The Kier molecular flexibility index (Phi) is 6.88. The number of anilines is 1. The van der Waals surface area contributed by atoms with E-state index in [-0.39, 0.29) is 0 Å². The molecule has 2 aromatic carbocycles. The average Bonchev–Trinajstić information content (AvgIpc) is 2.65. The lowest BCUT2D eigenvalue weighted by molar-refractivity contribution is -0.903. The number of nitrogens with one attached hydrogen (secondary N) is 1. The van der Waals surface area contributed by atoms with E-state index in [2.05, 4.69) is 11.0 Å². The van der Waals surface area contributed by atoms with Crippen molar-refractivity contribution in [2.75, 3.05) is 44.2 Å². The van der Waals surface area contributed by atoms with Gasteiger partial charge in [-0.15, -0.1) is 0 Å². The predicted octanol–water partition coefficient (Wildman–Crippen LogP) is 2.76. The van der Waals surface area contributed by atoms with Crippen molar-refractivity contribution in [3.05, 3.63) is 57.6 Å². The van der Waals surface area contributed by atoms with E-state index in [4.69, 9.17) is 27.9 Å². The summed E-state index contributed by atoms with van der Waals surface area (Å²) in [4.78, 5) is 3.74. The van der Waals surface area contributed by atoms with Gasteiger partial charge in [-0.05, 0) is 55.3 Å². The lowest BCUT2D eigenvalue weighted by Crippen LogP contribution is -3.16.